The molecule has 4 heteroatoms. The number of thiocarbonyl (C=S) groups is 1. The SMILES string of the molecule is Cc1ccc(/C=N\NC(=S)N[C@H]2CCCC[C@H]2C)cc1. The Kier molecular flexibility index (Phi) is 5.53. The summed E-state index contributed by atoms with van der Waals surface area (Å²) in [5, 5.41) is 8.17. The summed E-state index contributed by atoms with van der Waals surface area (Å²) in [7, 11) is 0. The molecule has 0 saturated heterocycles. The molecular weight excluding hydrogens is 266 g/mol. The molecule has 0 amide bonds. The van der Waals surface area contributed by atoms with Crippen molar-refractivity contribution in [3.63, 3.8) is 0 Å². The maximum atomic E-state index is 5.29. The molecule has 2 atom stereocenters. The number of rotatable bonds is 3. The topological polar surface area (TPSA) is 36.4 Å². The molecule has 0 spiro atoms. The van der Waals surface area contributed by atoms with Crippen LogP contribution in [0.5, 0.6) is 0 Å². The first kappa shape index (κ1) is 15.0. The van der Waals surface area contributed by atoms with E-state index in [-0.39, 0.29) is 0 Å². The van der Waals surface area contributed by atoms with Gasteiger partial charge in [0.05, 0.1) is 6.21 Å². The summed E-state index contributed by atoms with van der Waals surface area (Å²) >= 11 is 5.29. The normalized spacial score (nSPS) is 22.7. The molecule has 108 valence electrons. The number of aryl methyl sites for hydroxylation is 1. The summed E-state index contributed by atoms with van der Waals surface area (Å²) in [6.45, 7) is 4.36. The van der Waals surface area contributed by atoms with Crippen LogP contribution in [0.15, 0.2) is 29.4 Å². The molecule has 20 heavy (non-hydrogen) atoms. The average molecular weight is 289 g/mol. The van der Waals surface area contributed by atoms with Gasteiger partial charge >= 0.3 is 0 Å². The van der Waals surface area contributed by atoms with Crippen molar-refractivity contribution >= 4 is 23.5 Å². The Morgan fingerprint density at radius 2 is 1.95 bits per heavy atom. The van der Waals surface area contributed by atoms with Gasteiger partial charge in [-0.25, -0.2) is 0 Å². The third kappa shape index (κ3) is 4.60. The first-order valence-corrected chi connectivity index (χ1v) is 7.72. The lowest BCUT2D eigenvalue weighted by Crippen LogP contribution is -2.44. The second kappa shape index (κ2) is 7.39. The van der Waals surface area contributed by atoms with E-state index in [9.17, 15) is 0 Å². The third-order valence-corrected chi connectivity index (χ3v) is 4.09. The first-order chi connectivity index (χ1) is 9.65. The molecule has 2 rings (SSSR count). The van der Waals surface area contributed by atoms with Crippen molar-refractivity contribution < 1.29 is 0 Å². The first-order valence-electron chi connectivity index (χ1n) is 7.31. The van der Waals surface area contributed by atoms with E-state index in [0.717, 1.165) is 5.56 Å². The Hall–Kier alpha value is -1.42. The number of hydrogen-bond donors (Lipinski definition) is 2. The van der Waals surface area contributed by atoms with Gasteiger partial charge in [0.25, 0.3) is 0 Å². The van der Waals surface area contributed by atoms with Crippen molar-refractivity contribution in [3.05, 3.63) is 35.4 Å². The van der Waals surface area contributed by atoms with Gasteiger partial charge in [-0.3, -0.25) is 5.43 Å². The summed E-state index contributed by atoms with van der Waals surface area (Å²) in [5.74, 6) is 0.685. The fourth-order valence-corrected chi connectivity index (χ4v) is 2.75. The second-order valence-corrected chi connectivity index (χ2v) is 6.03. The predicted molar refractivity (Wildman–Crippen MR) is 89.1 cm³/mol. The molecule has 1 aromatic carbocycles. The molecular formula is C16H23N3S. The van der Waals surface area contributed by atoms with E-state index in [1.54, 1.807) is 6.21 Å². The van der Waals surface area contributed by atoms with Crippen LogP contribution < -0.4 is 10.7 Å². The maximum absolute atomic E-state index is 5.29. The fraction of sp³-hybridized carbons (Fsp3) is 0.500. The summed E-state index contributed by atoms with van der Waals surface area (Å²) in [6, 6.07) is 8.71. The van der Waals surface area contributed by atoms with Crippen molar-refractivity contribution in [1.29, 1.82) is 0 Å². The minimum Gasteiger partial charge on any atom is -0.358 e. The van der Waals surface area contributed by atoms with E-state index in [1.165, 1.54) is 31.2 Å². The molecule has 0 bridgehead atoms. The molecule has 1 aliphatic rings. The lowest BCUT2D eigenvalue weighted by molar-refractivity contribution is 0.308. The van der Waals surface area contributed by atoms with Crippen LogP contribution in [0.2, 0.25) is 0 Å². The Bertz CT molecular complexity index is 467. The maximum Gasteiger partial charge on any atom is 0.187 e. The number of hydrogen-bond acceptors (Lipinski definition) is 2. The molecule has 0 aliphatic heterocycles. The van der Waals surface area contributed by atoms with Crippen LogP contribution in [-0.2, 0) is 0 Å². The molecule has 0 aromatic heterocycles. The van der Waals surface area contributed by atoms with Crippen molar-refractivity contribution in [2.24, 2.45) is 11.0 Å². The van der Waals surface area contributed by atoms with Gasteiger partial charge in [-0.15, -0.1) is 0 Å². The predicted octanol–water partition coefficient (Wildman–Crippen LogP) is 3.37. The van der Waals surface area contributed by atoms with Crippen LogP contribution in [0, 0.1) is 12.8 Å². The van der Waals surface area contributed by atoms with Gasteiger partial charge in [-0.2, -0.15) is 5.10 Å². The van der Waals surface area contributed by atoms with Crippen molar-refractivity contribution in [2.45, 2.75) is 45.6 Å². The zero-order chi connectivity index (χ0) is 14.4. The zero-order valence-corrected chi connectivity index (χ0v) is 13.0. The third-order valence-electron chi connectivity index (χ3n) is 3.89. The molecule has 1 aromatic rings. The highest BCUT2D eigenvalue weighted by molar-refractivity contribution is 7.80. The largest absolute Gasteiger partial charge is 0.358 e. The van der Waals surface area contributed by atoms with Crippen LogP contribution in [0.25, 0.3) is 0 Å². The highest BCUT2D eigenvalue weighted by Crippen LogP contribution is 2.23. The minimum atomic E-state index is 0.485. The van der Waals surface area contributed by atoms with Gasteiger partial charge in [0.1, 0.15) is 0 Å². The highest BCUT2D eigenvalue weighted by atomic mass is 32.1. The van der Waals surface area contributed by atoms with Crippen molar-refractivity contribution in [2.75, 3.05) is 0 Å². The lowest BCUT2D eigenvalue weighted by atomic mass is 9.86. The van der Waals surface area contributed by atoms with Crippen molar-refractivity contribution in [3.8, 4) is 0 Å². The number of nitrogens with one attached hydrogen (secondary N) is 2. The zero-order valence-electron chi connectivity index (χ0n) is 12.2. The molecule has 0 heterocycles. The van der Waals surface area contributed by atoms with Gasteiger partial charge in [0.2, 0.25) is 0 Å². The fourth-order valence-electron chi connectivity index (χ4n) is 2.55. The van der Waals surface area contributed by atoms with E-state index in [4.69, 9.17) is 12.2 Å². The summed E-state index contributed by atoms with van der Waals surface area (Å²) in [4.78, 5) is 0. The van der Waals surface area contributed by atoms with Gasteiger partial charge in [-0.1, -0.05) is 49.6 Å². The van der Waals surface area contributed by atoms with E-state index in [1.807, 2.05) is 12.1 Å². The second-order valence-electron chi connectivity index (χ2n) is 5.62. The van der Waals surface area contributed by atoms with Gasteiger partial charge in [-0.05, 0) is 43.5 Å². The molecule has 1 fully saturated rings. The Morgan fingerprint density at radius 3 is 2.65 bits per heavy atom. The average Bonchev–Trinajstić information content (AvgIpc) is 2.44. The lowest BCUT2D eigenvalue weighted by Gasteiger charge is -2.30. The molecule has 3 nitrogen and oxygen atoms in total. The summed E-state index contributed by atoms with van der Waals surface area (Å²) < 4.78 is 0. The summed E-state index contributed by atoms with van der Waals surface area (Å²) in [5.41, 5.74) is 5.22. The van der Waals surface area contributed by atoms with Crippen LogP contribution in [0.3, 0.4) is 0 Å². The monoisotopic (exact) mass is 289 g/mol. The molecule has 1 aliphatic carbocycles. The van der Waals surface area contributed by atoms with Crippen molar-refractivity contribution in [1.82, 2.24) is 10.7 Å². The molecule has 0 radical (unpaired) electrons. The van der Waals surface area contributed by atoms with E-state index in [2.05, 4.69) is 41.8 Å². The van der Waals surface area contributed by atoms with Gasteiger partial charge in [0, 0.05) is 6.04 Å². The number of nitrogens with zero attached hydrogens (tertiary/aromatic N) is 1. The Balaban J connectivity index is 1.78. The standard InChI is InChI=1S/C16H23N3S/c1-12-7-9-14(10-8-12)11-17-19-16(20)18-15-6-4-3-5-13(15)2/h7-11,13,15H,3-6H2,1-2H3,(H2,18,19,20)/b17-11-/t13-,15+/m1/s1. The Morgan fingerprint density at radius 1 is 1.25 bits per heavy atom. The quantitative estimate of drug-likeness (QED) is 0.509. The Labute approximate surface area is 126 Å². The van der Waals surface area contributed by atoms with E-state index < -0.39 is 0 Å². The van der Waals surface area contributed by atoms with Crippen LogP contribution in [0.4, 0.5) is 0 Å². The molecule has 1 saturated carbocycles. The smallest absolute Gasteiger partial charge is 0.187 e. The number of benzene rings is 1. The highest BCUT2D eigenvalue weighted by Gasteiger charge is 2.21. The van der Waals surface area contributed by atoms with Crippen LogP contribution in [0.1, 0.15) is 43.7 Å². The molecule has 2 N–H and O–H groups in total. The summed E-state index contributed by atoms with van der Waals surface area (Å²) in [6.07, 6.45) is 6.90. The van der Waals surface area contributed by atoms with Gasteiger partial charge < -0.3 is 5.32 Å². The van der Waals surface area contributed by atoms with E-state index >= 15 is 0 Å². The number of hydrazone groups is 1. The minimum absolute atomic E-state index is 0.485. The van der Waals surface area contributed by atoms with Crippen LogP contribution >= 0.6 is 12.2 Å². The van der Waals surface area contributed by atoms with E-state index in [0.29, 0.717) is 17.1 Å². The molecule has 0 unspecified atom stereocenters. The van der Waals surface area contributed by atoms with Gasteiger partial charge in [0.15, 0.2) is 5.11 Å². The van der Waals surface area contributed by atoms with Crippen LogP contribution in [-0.4, -0.2) is 17.4 Å².